The van der Waals surface area contributed by atoms with E-state index >= 15 is 0 Å². The van der Waals surface area contributed by atoms with Gasteiger partial charge in [-0.15, -0.1) is 0 Å². The Bertz CT molecular complexity index is 374. The largest absolute Gasteiger partial charge is 0.365 e. The zero-order valence-electron chi connectivity index (χ0n) is 9.12. The van der Waals surface area contributed by atoms with Gasteiger partial charge in [-0.3, -0.25) is 0 Å². The number of fused-ring (bicyclic) bond motifs is 2. The Kier molecular flexibility index (Phi) is 1.63. The number of benzene rings is 1. The van der Waals surface area contributed by atoms with Gasteiger partial charge in [0.15, 0.2) is 0 Å². The second-order valence-electron chi connectivity index (χ2n) is 4.07. The third-order valence-corrected chi connectivity index (χ3v) is 3.27. The van der Waals surface area contributed by atoms with E-state index in [-0.39, 0.29) is 5.60 Å². The smallest absolute Gasteiger partial charge is 0.0963 e. The van der Waals surface area contributed by atoms with E-state index in [1.165, 1.54) is 5.56 Å². The second kappa shape index (κ2) is 3.07. The third kappa shape index (κ3) is 1.11. The molecule has 1 saturated heterocycles. The first-order valence-electron chi connectivity index (χ1n) is 5.80. The van der Waals surface area contributed by atoms with E-state index in [1.54, 1.807) is 0 Å². The van der Waals surface area contributed by atoms with Crippen LogP contribution in [0.25, 0.3) is 0 Å². The van der Waals surface area contributed by atoms with Crippen LogP contribution in [0.2, 0.25) is 0 Å². The molecule has 14 heavy (non-hydrogen) atoms. The van der Waals surface area contributed by atoms with Gasteiger partial charge in [0.1, 0.15) is 0 Å². The molecule has 1 aromatic carbocycles. The lowest BCUT2D eigenvalue weighted by atomic mass is 9.84. The molecule has 0 radical (unpaired) electrons. The summed E-state index contributed by atoms with van der Waals surface area (Å²) in [5.41, 5.74) is 2.12. The van der Waals surface area contributed by atoms with E-state index in [0.29, 0.717) is 0 Å². The highest BCUT2D eigenvalue weighted by molar-refractivity contribution is 5.35. The zero-order valence-corrected chi connectivity index (χ0v) is 8.12. The monoisotopic (exact) mass is 190 g/mol. The Balaban J connectivity index is 2.06. The van der Waals surface area contributed by atoms with Crippen molar-refractivity contribution in [2.75, 3.05) is 13.1 Å². The van der Waals surface area contributed by atoms with Gasteiger partial charge in [0.05, 0.1) is 13.6 Å². The molecule has 0 bridgehead atoms. The molecule has 1 spiro atoms. The summed E-state index contributed by atoms with van der Waals surface area (Å²) in [7, 11) is 0. The van der Waals surface area contributed by atoms with Crippen LogP contribution in [0, 0.1) is 0 Å². The van der Waals surface area contributed by atoms with Crippen LogP contribution in [0.15, 0.2) is 24.3 Å². The molecule has 2 heteroatoms. The first kappa shape index (κ1) is 7.43. The topological polar surface area (TPSA) is 21.3 Å². The minimum absolute atomic E-state index is 0.172. The lowest BCUT2D eigenvalue weighted by Crippen LogP contribution is -2.39. The molecule has 1 atom stereocenters. The fraction of sp³-hybridized carbons (Fsp3) is 0.500. The standard InChI is InChI=1S/C12H15NO/c1-2-4-11-10(3-1)9-14-12(11)5-7-13-8-6-12/h1-4,13H,5-9H2/i9D. The molecule has 2 aliphatic rings. The van der Waals surface area contributed by atoms with Gasteiger partial charge >= 0.3 is 0 Å². The molecule has 0 saturated carbocycles. The number of ether oxygens (including phenoxy) is 1. The SMILES string of the molecule is [2H]C1OC2(CCNCC2)c2ccccc21. The van der Waals surface area contributed by atoms with Crippen molar-refractivity contribution in [1.82, 2.24) is 5.32 Å². The molecule has 1 aromatic rings. The van der Waals surface area contributed by atoms with E-state index in [0.717, 1.165) is 31.5 Å². The highest BCUT2D eigenvalue weighted by Gasteiger charge is 2.40. The lowest BCUT2D eigenvalue weighted by molar-refractivity contribution is -0.0590. The summed E-state index contributed by atoms with van der Waals surface area (Å²) in [5, 5.41) is 3.34. The van der Waals surface area contributed by atoms with Crippen molar-refractivity contribution in [3.8, 4) is 0 Å². The molecule has 1 fully saturated rings. The first-order chi connectivity index (χ1) is 7.32. The van der Waals surface area contributed by atoms with Gasteiger partial charge in [0.25, 0.3) is 0 Å². The van der Waals surface area contributed by atoms with E-state index < -0.39 is 6.58 Å². The van der Waals surface area contributed by atoms with Gasteiger partial charge in [-0.05, 0) is 37.1 Å². The number of piperidine rings is 1. The van der Waals surface area contributed by atoms with E-state index in [4.69, 9.17) is 6.11 Å². The van der Waals surface area contributed by atoms with Crippen molar-refractivity contribution >= 4 is 0 Å². The average molecular weight is 190 g/mol. The molecule has 1 unspecified atom stereocenters. The molecule has 0 aromatic heterocycles. The van der Waals surface area contributed by atoms with Crippen molar-refractivity contribution < 1.29 is 6.11 Å². The Morgan fingerprint density at radius 1 is 1.29 bits per heavy atom. The minimum Gasteiger partial charge on any atom is -0.365 e. The molecule has 2 aliphatic heterocycles. The normalized spacial score (nSPS) is 30.0. The predicted octanol–water partition coefficient (Wildman–Crippen LogP) is 1.80. The van der Waals surface area contributed by atoms with Gasteiger partial charge in [-0.2, -0.15) is 0 Å². The lowest BCUT2D eigenvalue weighted by Gasteiger charge is -2.33. The van der Waals surface area contributed by atoms with Crippen LogP contribution in [0.3, 0.4) is 0 Å². The van der Waals surface area contributed by atoms with Gasteiger partial charge in [-0.1, -0.05) is 24.3 Å². The van der Waals surface area contributed by atoms with Crippen LogP contribution in [0.5, 0.6) is 0 Å². The van der Waals surface area contributed by atoms with Crippen molar-refractivity contribution in [3.63, 3.8) is 0 Å². The van der Waals surface area contributed by atoms with Crippen LogP contribution < -0.4 is 5.32 Å². The molecule has 0 aliphatic carbocycles. The number of rotatable bonds is 0. The maximum atomic E-state index is 7.93. The quantitative estimate of drug-likeness (QED) is 0.673. The van der Waals surface area contributed by atoms with Crippen molar-refractivity contribution in [1.29, 1.82) is 0 Å². The van der Waals surface area contributed by atoms with E-state index in [9.17, 15) is 0 Å². The summed E-state index contributed by atoms with van der Waals surface area (Å²) >= 11 is 0. The van der Waals surface area contributed by atoms with Crippen LogP contribution in [-0.4, -0.2) is 13.1 Å². The van der Waals surface area contributed by atoms with E-state index in [2.05, 4.69) is 11.4 Å². The highest BCUT2D eigenvalue weighted by atomic mass is 16.5. The minimum atomic E-state index is -0.487. The number of nitrogens with one attached hydrogen (secondary N) is 1. The maximum absolute atomic E-state index is 7.93. The first-order valence-corrected chi connectivity index (χ1v) is 5.22. The zero-order chi connectivity index (χ0) is 10.3. The summed E-state index contributed by atoms with van der Waals surface area (Å²) < 4.78 is 13.8. The maximum Gasteiger partial charge on any atom is 0.0963 e. The summed E-state index contributed by atoms with van der Waals surface area (Å²) in [6.07, 6.45) is 1.97. The molecular weight excluding hydrogens is 174 g/mol. The predicted molar refractivity (Wildman–Crippen MR) is 55.0 cm³/mol. The van der Waals surface area contributed by atoms with Crippen LogP contribution in [-0.2, 0) is 16.9 Å². The molecule has 2 nitrogen and oxygen atoms in total. The van der Waals surface area contributed by atoms with Gasteiger partial charge in [0.2, 0.25) is 0 Å². The van der Waals surface area contributed by atoms with Crippen molar-refractivity contribution in [3.05, 3.63) is 35.4 Å². The Hall–Kier alpha value is -0.860. The number of hydrogen-bond donors (Lipinski definition) is 1. The van der Waals surface area contributed by atoms with Crippen LogP contribution >= 0.6 is 0 Å². The molecule has 74 valence electrons. The summed E-state index contributed by atoms with van der Waals surface area (Å²) in [5.74, 6) is 0. The summed E-state index contributed by atoms with van der Waals surface area (Å²) in [6.45, 7) is 1.49. The number of hydrogen-bond acceptors (Lipinski definition) is 2. The Labute approximate surface area is 85.7 Å². The fourth-order valence-corrected chi connectivity index (χ4v) is 2.47. The molecule has 0 amide bonds. The molecular formula is C12H15NO. The van der Waals surface area contributed by atoms with Crippen LogP contribution in [0.4, 0.5) is 0 Å². The molecule has 3 rings (SSSR count). The Morgan fingerprint density at radius 2 is 2.07 bits per heavy atom. The van der Waals surface area contributed by atoms with Crippen molar-refractivity contribution in [2.24, 2.45) is 0 Å². The van der Waals surface area contributed by atoms with Crippen LogP contribution in [0.1, 0.15) is 25.3 Å². The fourth-order valence-electron chi connectivity index (χ4n) is 2.47. The van der Waals surface area contributed by atoms with E-state index in [1.807, 2.05) is 18.2 Å². The average Bonchev–Trinajstić information content (AvgIpc) is 2.55. The second-order valence-corrected chi connectivity index (χ2v) is 4.07. The summed E-state index contributed by atoms with van der Waals surface area (Å²) in [6, 6.07) is 8.17. The van der Waals surface area contributed by atoms with Gasteiger partial charge < -0.3 is 10.1 Å². The van der Waals surface area contributed by atoms with Crippen molar-refractivity contribution in [2.45, 2.75) is 25.0 Å². The Morgan fingerprint density at radius 3 is 2.93 bits per heavy atom. The van der Waals surface area contributed by atoms with Gasteiger partial charge in [-0.25, -0.2) is 0 Å². The molecule has 2 heterocycles. The third-order valence-electron chi connectivity index (χ3n) is 3.27. The van der Waals surface area contributed by atoms with Gasteiger partial charge in [0, 0.05) is 0 Å². The summed E-state index contributed by atoms with van der Waals surface area (Å²) in [4.78, 5) is 0. The highest BCUT2D eigenvalue weighted by Crippen LogP contribution is 2.42. The molecule has 1 N–H and O–H groups in total.